The Morgan fingerprint density at radius 1 is 1.08 bits per heavy atom. The highest BCUT2D eigenvalue weighted by atomic mass is 32.2. The van der Waals surface area contributed by atoms with Crippen molar-refractivity contribution in [3.63, 3.8) is 0 Å². The van der Waals surface area contributed by atoms with E-state index in [-0.39, 0.29) is 10.5 Å². The third-order valence-corrected chi connectivity index (χ3v) is 5.12. The van der Waals surface area contributed by atoms with Gasteiger partial charge in [0.25, 0.3) is 10.0 Å². The van der Waals surface area contributed by atoms with Crippen LogP contribution in [-0.2, 0) is 10.0 Å². The Morgan fingerprint density at radius 3 is 2.28 bits per heavy atom. The number of carboxylic acid groups (broad SMARTS) is 2. The minimum Gasteiger partial charge on any atom is -0.478 e. The number of nitrogens with one attached hydrogen (secondary N) is 1. The van der Waals surface area contributed by atoms with E-state index in [1.807, 2.05) is 4.72 Å². The van der Waals surface area contributed by atoms with E-state index >= 15 is 0 Å². The van der Waals surface area contributed by atoms with Gasteiger partial charge in [0.2, 0.25) is 0 Å². The molecule has 2 rings (SSSR count). The van der Waals surface area contributed by atoms with E-state index in [0.29, 0.717) is 11.1 Å². The number of benzene rings is 2. The van der Waals surface area contributed by atoms with Gasteiger partial charge in [0.1, 0.15) is 11.4 Å². The van der Waals surface area contributed by atoms with Gasteiger partial charge in [0, 0.05) is 0 Å². The highest BCUT2D eigenvalue weighted by Gasteiger charge is 2.24. The van der Waals surface area contributed by atoms with Crippen LogP contribution in [0, 0.1) is 19.7 Å². The molecule has 0 unspecified atom stereocenters. The van der Waals surface area contributed by atoms with E-state index in [1.165, 1.54) is 13.0 Å². The summed E-state index contributed by atoms with van der Waals surface area (Å²) < 4.78 is 40.9. The van der Waals surface area contributed by atoms with Gasteiger partial charge in [-0.05, 0) is 49.2 Å². The molecule has 9 heteroatoms. The van der Waals surface area contributed by atoms with Crippen LogP contribution in [0.4, 0.5) is 10.1 Å². The third-order valence-electron chi connectivity index (χ3n) is 3.63. The number of carboxylic acids is 2. The Balaban J connectivity index is 2.61. The summed E-state index contributed by atoms with van der Waals surface area (Å²) in [5.74, 6) is -4.04. The van der Waals surface area contributed by atoms with Crippen LogP contribution in [-0.4, -0.2) is 30.6 Å². The molecule has 0 atom stereocenters. The van der Waals surface area contributed by atoms with Gasteiger partial charge in [-0.1, -0.05) is 6.07 Å². The fraction of sp³-hybridized carbons (Fsp3) is 0.125. The molecule has 2 aromatic carbocycles. The van der Waals surface area contributed by atoms with Crippen LogP contribution in [0.5, 0.6) is 0 Å². The van der Waals surface area contributed by atoms with Crippen molar-refractivity contribution in [1.82, 2.24) is 0 Å². The van der Waals surface area contributed by atoms with E-state index in [9.17, 15) is 22.4 Å². The van der Waals surface area contributed by atoms with Crippen molar-refractivity contribution in [3.8, 4) is 0 Å². The van der Waals surface area contributed by atoms with Crippen LogP contribution in [0.25, 0.3) is 0 Å². The molecule has 0 heterocycles. The largest absolute Gasteiger partial charge is 0.478 e. The molecule has 0 aliphatic carbocycles. The Morgan fingerprint density at radius 2 is 1.72 bits per heavy atom. The van der Waals surface area contributed by atoms with Gasteiger partial charge in [0.15, 0.2) is 0 Å². The van der Waals surface area contributed by atoms with E-state index in [4.69, 9.17) is 10.2 Å². The molecule has 2 aromatic rings. The van der Waals surface area contributed by atoms with E-state index in [1.54, 1.807) is 6.92 Å². The summed E-state index contributed by atoms with van der Waals surface area (Å²) in [4.78, 5) is 22.0. The number of halogens is 1. The van der Waals surface area contributed by atoms with Crippen LogP contribution in [0.1, 0.15) is 31.8 Å². The van der Waals surface area contributed by atoms with Crippen molar-refractivity contribution < 1.29 is 32.6 Å². The molecular formula is C16H14FNO6S. The number of aromatic carboxylic acids is 2. The summed E-state index contributed by atoms with van der Waals surface area (Å²) in [6.07, 6.45) is 0. The molecule has 0 spiro atoms. The Bertz CT molecular complexity index is 984. The van der Waals surface area contributed by atoms with Crippen LogP contribution in [0.2, 0.25) is 0 Å². The third kappa shape index (κ3) is 3.61. The fourth-order valence-electron chi connectivity index (χ4n) is 2.26. The van der Waals surface area contributed by atoms with Crippen molar-refractivity contribution in [2.75, 3.05) is 4.72 Å². The first-order chi connectivity index (χ1) is 11.5. The minimum atomic E-state index is -4.34. The van der Waals surface area contributed by atoms with Crippen molar-refractivity contribution >= 4 is 27.6 Å². The number of hydrogen-bond acceptors (Lipinski definition) is 4. The predicted molar refractivity (Wildman–Crippen MR) is 87.0 cm³/mol. The zero-order valence-electron chi connectivity index (χ0n) is 13.2. The summed E-state index contributed by atoms with van der Waals surface area (Å²) in [5.41, 5.74) is -0.787. The number of hydrogen-bond donors (Lipinski definition) is 3. The Kier molecular flexibility index (Phi) is 4.80. The first-order valence-electron chi connectivity index (χ1n) is 6.93. The maximum atomic E-state index is 13.7. The predicted octanol–water partition coefficient (Wildman–Crippen LogP) is 2.64. The fourth-order valence-corrected chi connectivity index (χ4v) is 3.67. The van der Waals surface area contributed by atoms with E-state index in [2.05, 4.69) is 0 Å². The van der Waals surface area contributed by atoms with Gasteiger partial charge < -0.3 is 10.2 Å². The summed E-state index contributed by atoms with van der Waals surface area (Å²) in [6, 6.07) is 5.44. The molecular weight excluding hydrogens is 353 g/mol. The lowest BCUT2D eigenvalue weighted by Gasteiger charge is -2.14. The zero-order chi connectivity index (χ0) is 18.9. The quantitative estimate of drug-likeness (QED) is 0.747. The van der Waals surface area contributed by atoms with Crippen LogP contribution in [0.15, 0.2) is 35.2 Å². The topological polar surface area (TPSA) is 121 Å². The maximum Gasteiger partial charge on any atom is 0.340 e. The second kappa shape index (κ2) is 6.52. The van der Waals surface area contributed by atoms with E-state index in [0.717, 1.165) is 24.3 Å². The minimum absolute atomic E-state index is 0.235. The molecule has 7 nitrogen and oxygen atoms in total. The number of sulfonamides is 1. The van der Waals surface area contributed by atoms with Gasteiger partial charge in [-0.2, -0.15) is 0 Å². The summed E-state index contributed by atoms with van der Waals surface area (Å²) in [6.45, 7) is 3.03. The van der Waals surface area contributed by atoms with Crippen molar-refractivity contribution in [2.45, 2.75) is 18.7 Å². The standard InChI is InChI=1S/C16H14FNO6S/c1-8-6-10(15(19)20)7-13(9(8)2)25(23,24)18-12-5-3-4-11(17)14(12)16(21)22/h3-7,18H,1-2H3,(H,19,20)(H,21,22). The van der Waals surface area contributed by atoms with Gasteiger partial charge in [-0.3, -0.25) is 4.72 Å². The van der Waals surface area contributed by atoms with Crippen LogP contribution >= 0.6 is 0 Å². The molecule has 0 amide bonds. The molecule has 0 aliphatic rings. The average Bonchev–Trinajstić information content (AvgIpc) is 2.48. The van der Waals surface area contributed by atoms with E-state index < -0.39 is 39.0 Å². The number of aryl methyl sites for hydroxylation is 1. The lowest BCUT2D eigenvalue weighted by Crippen LogP contribution is -2.18. The average molecular weight is 367 g/mol. The van der Waals surface area contributed by atoms with Crippen molar-refractivity contribution in [1.29, 1.82) is 0 Å². The molecule has 25 heavy (non-hydrogen) atoms. The summed E-state index contributed by atoms with van der Waals surface area (Å²) >= 11 is 0. The molecule has 0 aliphatic heterocycles. The number of carbonyl (C=O) groups is 2. The SMILES string of the molecule is Cc1cc(C(=O)O)cc(S(=O)(=O)Nc2cccc(F)c2C(=O)O)c1C. The summed E-state index contributed by atoms with van der Waals surface area (Å²) in [5, 5.41) is 18.2. The number of rotatable bonds is 5. The maximum absolute atomic E-state index is 13.7. The first kappa shape index (κ1) is 18.4. The Labute approximate surface area is 142 Å². The van der Waals surface area contributed by atoms with Crippen LogP contribution < -0.4 is 4.72 Å². The van der Waals surface area contributed by atoms with Gasteiger partial charge >= 0.3 is 11.9 Å². The normalized spacial score (nSPS) is 11.2. The van der Waals surface area contributed by atoms with Gasteiger partial charge in [-0.25, -0.2) is 22.4 Å². The monoisotopic (exact) mass is 367 g/mol. The van der Waals surface area contributed by atoms with Crippen molar-refractivity contribution in [3.05, 3.63) is 58.4 Å². The smallest absolute Gasteiger partial charge is 0.340 e. The highest BCUT2D eigenvalue weighted by Crippen LogP contribution is 2.26. The first-order valence-corrected chi connectivity index (χ1v) is 8.42. The van der Waals surface area contributed by atoms with Gasteiger partial charge in [0.05, 0.1) is 16.1 Å². The molecule has 3 N–H and O–H groups in total. The number of anilines is 1. The second-order valence-corrected chi connectivity index (χ2v) is 6.95. The molecule has 0 saturated carbocycles. The molecule has 0 radical (unpaired) electrons. The lowest BCUT2D eigenvalue weighted by atomic mass is 10.1. The molecule has 0 fully saturated rings. The van der Waals surface area contributed by atoms with Crippen molar-refractivity contribution in [2.24, 2.45) is 0 Å². The Hall–Kier alpha value is -2.94. The lowest BCUT2D eigenvalue weighted by molar-refractivity contribution is 0.0683. The second-order valence-electron chi connectivity index (χ2n) is 5.29. The highest BCUT2D eigenvalue weighted by molar-refractivity contribution is 7.92. The molecule has 0 saturated heterocycles. The summed E-state index contributed by atoms with van der Waals surface area (Å²) in [7, 11) is -4.34. The van der Waals surface area contributed by atoms with Gasteiger partial charge in [-0.15, -0.1) is 0 Å². The van der Waals surface area contributed by atoms with Crippen LogP contribution in [0.3, 0.4) is 0 Å². The molecule has 0 bridgehead atoms. The molecule has 132 valence electrons. The zero-order valence-corrected chi connectivity index (χ0v) is 14.0. The molecule has 0 aromatic heterocycles.